The molecule has 15 heavy (non-hydrogen) atoms. The van der Waals surface area contributed by atoms with E-state index in [1.165, 1.54) is 0 Å². The Morgan fingerprint density at radius 3 is 2.60 bits per heavy atom. The Morgan fingerprint density at radius 2 is 2.00 bits per heavy atom. The van der Waals surface area contributed by atoms with E-state index in [1.54, 1.807) is 7.11 Å². The third kappa shape index (κ3) is 10.4. The molecule has 0 saturated carbocycles. The van der Waals surface area contributed by atoms with Crippen LogP contribution in [-0.2, 0) is 19.5 Å². The molecule has 0 unspecified atom stereocenters. The summed E-state index contributed by atoms with van der Waals surface area (Å²) in [5.41, 5.74) is 0. The van der Waals surface area contributed by atoms with Crippen LogP contribution in [0.4, 0.5) is 0 Å². The van der Waals surface area contributed by atoms with Crippen molar-refractivity contribution in [2.45, 2.75) is 6.42 Å². The molecule has 5 nitrogen and oxygen atoms in total. The SMILES string of the molecule is COCCOCCCNS(=O)(=O)CCCl. The zero-order valence-corrected chi connectivity index (χ0v) is 10.4. The van der Waals surface area contributed by atoms with Gasteiger partial charge in [-0.1, -0.05) is 0 Å². The molecule has 0 radical (unpaired) electrons. The Balaban J connectivity index is 3.31. The molecule has 0 aromatic rings. The molecule has 1 N–H and O–H groups in total. The molecule has 0 aromatic carbocycles. The molecular weight excluding hydrogens is 242 g/mol. The normalized spacial score (nSPS) is 11.9. The Morgan fingerprint density at radius 1 is 1.27 bits per heavy atom. The van der Waals surface area contributed by atoms with Crippen LogP contribution in [-0.4, -0.2) is 53.5 Å². The van der Waals surface area contributed by atoms with Gasteiger partial charge in [-0.2, -0.15) is 0 Å². The average Bonchev–Trinajstić information content (AvgIpc) is 2.16. The Hall–Kier alpha value is 0.120. The highest BCUT2D eigenvalue weighted by Gasteiger charge is 2.07. The molecule has 0 rings (SSSR count). The predicted molar refractivity (Wildman–Crippen MR) is 59.8 cm³/mol. The molecule has 0 atom stereocenters. The average molecular weight is 260 g/mol. The van der Waals surface area contributed by atoms with E-state index < -0.39 is 10.0 Å². The number of nitrogens with one attached hydrogen (secondary N) is 1. The first kappa shape index (κ1) is 15.1. The van der Waals surface area contributed by atoms with Gasteiger partial charge >= 0.3 is 0 Å². The van der Waals surface area contributed by atoms with Gasteiger partial charge in [0.1, 0.15) is 0 Å². The van der Waals surface area contributed by atoms with E-state index in [0.717, 1.165) is 0 Å². The van der Waals surface area contributed by atoms with Gasteiger partial charge in [0.2, 0.25) is 10.0 Å². The van der Waals surface area contributed by atoms with E-state index in [9.17, 15) is 8.42 Å². The number of hydrogen-bond donors (Lipinski definition) is 1. The summed E-state index contributed by atoms with van der Waals surface area (Å²) >= 11 is 5.33. The van der Waals surface area contributed by atoms with Crippen LogP contribution in [0.5, 0.6) is 0 Å². The third-order valence-electron chi connectivity index (χ3n) is 1.57. The Kier molecular flexibility index (Phi) is 9.43. The van der Waals surface area contributed by atoms with Gasteiger partial charge < -0.3 is 9.47 Å². The summed E-state index contributed by atoms with van der Waals surface area (Å²) in [6, 6.07) is 0. The first-order valence-electron chi connectivity index (χ1n) is 4.72. The fraction of sp³-hybridized carbons (Fsp3) is 1.00. The van der Waals surface area contributed by atoms with E-state index in [4.69, 9.17) is 21.1 Å². The fourth-order valence-electron chi connectivity index (χ4n) is 0.820. The third-order valence-corrected chi connectivity index (χ3v) is 3.36. The molecule has 0 fully saturated rings. The molecule has 0 amide bonds. The highest BCUT2D eigenvalue weighted by Crippen LogP contribution is 1.88. The number of halogens is 1. The second-order valence-corrected chi connectivity index (χ2v) is 5.17. The summed E-state index contributed by atoms with van der Waals surface area (Å²) in [5, 5.41) is 0. The van der Waals surface area contributed by atoms with Crippen molar-refractivity contribution >= 4 is 21.6 Å². The molecule has 0 aromatic heterocycles. The highest BCUT2D eigenvalue weighted by molar-refractivity contribution is 7.89. The zero-order chi connectivity index (χ0) is 11.6. The standard InChI is InChI=1S/C8H18ClNO4S/c1-13-6-7-14-5-2-4-10-15(11,12)8-3-9/h10H,2-8H2,1H3. The molecule has 0 aliphatic heterocycles. The molecular formula is C8H18ClNO4S. The Bertz CT molecular complexity index is 233. The smallest absolute Gasteiger partial charge is 0.212 e. The number of hydrogen-bond acceptors (Lipinski definition) is 4. The number of methoxy groups -OCH3 is 1. The van der Waals surface area contributed by atoms with Crippen molar-refractivity contribution in [1.82, 2.24) is 4.72 Å². The van der Waals surface area contributed by atoms with Gasteiger partial charge in [0, 0.05) is 26.1 Å². The van der Waals surface area contributed by atoms with Gasteiger partial charge in [0.15, 0.2) is 0 Å². The fourth-order valence-corrected chi connectivity index (χ4v) is 2.23. The summed E-state index contributed by atoms with van der Waals surface area (Å²) in [6.45, 7) is 1.99. The summed E-state index contributed by atoms with van der Waals surface area (Å²) in [4.78, 5) is 0. The highest BCUT2D eigenvalue weighted by atomic mass is 35.5. The van der Waals surface area contributed by atoms with E-state index in [-0.39, 0.29) is 11.6 Å². The molecule has 0 aliphatic carbocycles. The van der Waals surface area contributed by atoms with E-state index in [2.05, 4.69) is 4.72 Å². The topological polar surface area (TPSA) is 64.6 Å². The number of sulfonamides is 1. The Labute approximate surface area is 96.1 Å². The number of rotatable bonds is 10. The van der Waals surface area contributed by atoms with E-state index in [1.807, 2.05) is 0 Å². The summed E-state index contributed by atoms with van der Waals surface area (Å²) in [7, 11) is -1.59. The summed E-state index contributed by atoms with van der Waals surface area (Å²) < 4.78 is 34.6. The van der Waals surface area contributed by atoms with Crippen LogP contribution in [0.3, 0.4) is 0 Å². The van der Waals surface area contributed by atoms with Crippen molar-refractivity contribution in [3.63, 3.8) is 0 Å². The minimum Gasteiger partial charge on any atom is -0.382 e. The van der Waals surface area contributed by atoms with Gasteiger partial charge in [-0.05, 0) is 6.42 Å². The molecule has 7 heteroatoms. The van der Waals surface area contributed by atoms with E-state index >= 15 is 0 Å². The van der Waals surface area contributed by atoms with Crippen LogP contribution in [0.1, 0.15) is 6.42 Å². The van der Waals surface area contributed by atoms with Crippen molar-refractivity contribution in [1.29, 1.82) is 0 Å². The zero-order valence-electron chi connectivity index (χ0n) is 8.87. The second kappa shape index (κ2) is 9.35. The minimum absolute atomic E-state index is 0.0426. The maximum absolute atomic E-state index is 11.1. The van der Waals surface area contributed by atoms with Crippen LogP contribution in [0.25, 0.3) is 0 Å². The number of ether oxygens (including phenoxy) is 2. The van der Waals surface area contributed by atoms with Crippen molar-refractivity contribution < 1.29 is 17.9 Å². The predicted octanol–water partition coefficient (Wildman–Crippen LogP) is 0.198. The van der Waals surface area contributed by atoms with Gasteiger partial charge in [-0.15, -0.1) is 11.6 Å². The first-order chi connectivity index (χ1) is 7.12. The van der Waals surface area contributed by atoms with Crippen molar-refractivity contribution in [2.75, 3.05) is 45.1 Å². The van der Waals surface area contributed by atoms with Crippen LogP contribution >= 0.6 is 11.6 Å². The second-order valence-electron chi connectivity index (χ2n) is 2.86. The summed E-state index contributed by atoms with van der Waals surface area (Å²) in [6.07, 6.45) is 0.644. The first-order valence-corrected chi connectivity index (χ1v) is 6.91. The quantitative estimate of drug-likeness (QED) is 0.450. The largest absolute Gasteiger partial charge is 0.382 e. The lowest BCUT2D eigenvalue weighted by atomic mass is 10.5. The van der Waals surface area contributed by atoms with Crippen LogP contribution in [0, 0.1) is 0 Å². The molecule has 0 heterocycles. The molecule has 0 spiro atoms. The van der Waals surface area contributed by atoms with E-state index in [0.29, 0.717) is 32.8 Å². The maximum atomic E-state index is 11.1. The summed E-state index contributed by atoms with van der Waals surface area (Å²) in [5.74, 6) is 0.0682. The minimum atomic E-state index is -3.19. The molecule has 92 valence electrons. The number of alkyl halides is 1. The van der Waals surface area contributed by atoms with Crippen molar-refractivity contribution in [2.24, 2.45) is 0 Å². The van der Waals surface area contributed by atoms with Gasteiger partial charge in [0.05, 0.1) is 19.0 Å². The van der Waals surface area contributed by atoms with Gasteiger partial charge in [-0.3, -0.25) is 0 Å². The maximum Gasteiger partial charge on any atom is 0.212 e. The lowest BCUT2D eigenvalue weighted by Gasteiger charge is -2.05. The molecule has 0 saturated heterocycles. The lowest BCUT2D eigenvalue weighted by Crippen LogP contribution is -2.28. The lowest BCUT2D eigenvalue weighted by molar-refractivity contribution is 0.0699. The van der Waals surface area contributed by atoms with Gasteiger partial charge in [-0.25, -0.2) is 13.1 Å². The molecule has 0 aliphatic rings. The van der Waals surface area contributed by atoms with Crippen molar-refractivity contribution in [3.05, 3.63) is 0 Å². The molecule has 0 bridgehead atoms. The van der Waals surface area contributed by atoms with Crippen LogP contribution in [0.15, 0.2) is 0 Å². The monoisotopic (exact) mass is 259 g/mol. The van der Waals surface area contributed by atoms with Crippen molar-refractivity contribution in [3.8, 4) is 0 Å². The van der Waals surface area contributed by atoms with Crippen LogP contribution in [0.2, 0.25) is 0 Å². The van der Waals surface area contributed by atoms with Gasteiger partial charge in [0.25, 0.3) is 0 Å². The van der Waals surface area contributed by atoms with Crippen LogP contribution < -0.4 is 4.72 Å².